The molecule has 1 aromatic heterocycles. The first kappa shape index (κ1) is 17.5. The Morgan fingerprint density at radius 2 is 1.85 bits per heavy atom. The van der Waals surface area contributed by atoms with E-state index in [1.807, 2.05) is 72.2 Å². The monoisotopic (exact) mass is 376 g/mol. The smallest absolute Gasteiger partial charge is 0.279 e. The summed E-state index contributed by atoms with van der Waals surface area (Å²) in [5, 5.41) is 2.15. The predicted molar refractivity (Wildman–Crippen MR) is 110 cm³/mol. The van der Waals surface area contributed by atoms with Crippen LogP contribution in [0.5, 0.6) is 5.75 Å². The van der Waals surface area contributed by atoms with Gasteiger partial charge in [0.1, 0.15) is 11.3 Å². The zero-order valence-corrected chi connectivity index (χ0v) is 16.1. The third-order valence-electron chi connectivity index (χ3n) is 4.47. The van der Waals surface area contributed by atoms with Crippen LogP contribution in [0.15, 0.2) is 65.7 Å². The molecule has 0 atom stereocenters. The second kappa shape index (κ2) is 7.37. The fourth-order valence-electron chi connectivity index (χ4n) is 3.22. The number of para-hydroxylation sites is 1. The standard InChI is InChI=1S/C22H20N2O2S/c1-3-24-20-18(26-4-2)10-7-11-19(20)27-22(24)23-21(25)17-13-12-15-8-5-6-9-16(15)14-17/h5-14H,3-4H2,1-2H3. The van der Waals surface area contributed by atoms with Crippen molar-refractivity contribution in [2.24, 2.45) is 4.99 Å². The summed E-state index contributed by atoms with van der Waals surface area (Å²) in [6.45, 7) is 5.33. The third-order valence-corrected chi connectivity index (χ3v) is 5.52. The van der Waals surface area contributed by atoms with Crippen molar-refractivity contribution in [1.29, 1.82) is 0 Å². The van der Waals surface area contributed by atoms with E-state index in [1.54, 1.807) is 0 Å². The Balaban J connectivity index is 1.83. The van der Waals surface area contributed by atoms with Gasteiger partial charge in [-0.25, -0.2) is 0 Å². The number of nitrogens with zero attached hydrogens (tertiary/aromatic N) is 2. The molecule has 4 aromatic rings. The quantitative estimate of drug-likeness (QED) is 0.502. The lowest BCUT2D eigenvalue weighted by Crippen LogP contribution is -2.16. The van der Waals surface area contributed by atoms with Gasteiger partial charge < -0.3 is 9.30 Å². The summed E-state index contributed by atoms with van der Waals surface area (Å²) in [7, 11) is 0. The van der Waals surface area contributed by atoms with E-state index in [2.05, 4.69) is 11.9 Å². The zero-order valence-electron chi connectivity index (χ0n) is 15.3. The highest BCUT2D eigenvalue weighted by Gasteiger charge is 2.12. The molecule has 0 radical (unpaired) electrons. The van der Waals surface area contributed by atoms with E-state index in [9.17, 15) is 4.79 Å². The van der Waals surface area contributed by atoms with Gasteiger partial charge in [0.15, 0.2) is 4.80 Å². The number of thiazole rings is 1. The van der Waals surface area contributed by atoms with Crippen molar-refractivity contribution in [3.63, 3.8) is 0 Å². The molecule has 1 heterocycles. The van der Waals surface area contributed by atoms with Gasteiger partial charge in [0.25, 0.3) is 5.91 Å². The summed E-state index contributed by atoms with van der Waals surface area (Å²) in [5.41, 5.74) is 1.59. The Kier molecular flexibility index (Phi) is 4.77. The van der Waals surface area contributed by atoms with E-state index in [-0.39, 0.29) is 5.91 Å². The number of carbonyl (C=O) groups excluding carboxylic acids is 1. The Morgan fingerprint density at radius 3 is 2.63 bits per heavy atom. The first-order valence-electron chi connectivity index (χ1n) is 9.04. The van der Waals surface area contributed by atoms with Crippen molar-refractivity contribution in [2.75, 3.05) is 6.61 Å². The van der Waals surface area contributed by atoms with Crippen molar-refractivity contribution in [3.8, 4) is 5.75 Å². The van der Waals surface area contributed by atoms with Gasteiger partial charge in [0, 0.05) is 12.1 Å². The van der Waals surface area contributed by atoms with E-state index < -0.39 is 0 Å². The van der Waals surface area contributed by atoms with Crippen molar-refractivity contribution in [2.45, 2.75) is 20.4 Å². The lowest BCUT2D eigenvalue weighted by Gasteiger charge is -2.07. The zero-order chi connectivity index (χ0) is 18.8. The Labute approximate surface area is 161 Å². The van der Waals surface area contributed by atoms with Crippen LogP contribution in [-0.4, -0.2) is 17.1 Å². The van der Waals surface area contributed by atoms with Crippen LogP contribution in [0.1, 0.15) is 24.2 Å². The third kappa shape index (κ3) is 3.26. The van der Waals surface area contributed by atoms with Crippen LogP contribution in [0.25, 0.3) is 21.0 Å². The normalized spacial score (nSPS) is 12.0. The number of carbonyl (C=O) groups is 1. The van der Waals surface area contributed by atoms with Crippen molar-refractivity contribution < 1.29 is 9.53 Å². The summed E-state index contributed by atoms with van der Waals surface area (Å²) < 4.78 is 8.88. The van der Waals surface area contributed by atoms with Gasteiger partial charge in [0.2, 0.25) is 0 Å². The molecule has 27 heavy (non-hydrogen) atoms. The molecule has 0 aliphatic carbocycles. The molecule has 3 aromatic carbocycles. The topological polar surface area (TPSA) is 43.6 Å². The number of rotatable bonds is 4. The van der Waals surface area contributed by atoms with E-state index in [1.165, 1.54) is 11.3 Å². The summed E-state index contributed by atoms with van der Waals surface area (Å²) in [5.74, 6) is 0.597. The van der Waals surface area contributed by atoms with Crippen LogP contribution in [0.3, 0.4) is 0 Å². The molecule has 0 aliphatic rings. The van der Waals surface area contributed by atoms with Crippen molar-refractivity contribution >= 4 is 38.2 Å². The summed E-state index contributed by atoms with van der Waals surface area (Å²) in [6.07, 6.45) is 0. The van der Waals surface area contributed by atoms with Gasteiger partial charge in [0.05, 0.1) is 11.3 Å². The molecule has 0 N–H and O–H groups in total. The number of ether oxygens (including phenoxy) is 1. The van der Waals surface area contributed by atoms with Crippen LogP contribution >= 0.6 is 11.3 Å². The van der Waals surface area contributed by atoms with Crippen LogP contribution in [0.4, 0.5) is 0 Å². The maximum atomic E-state index is 12.8. The average molecular weight is 376 g/mol. The molecule has 0 saturated carbocycles. The van der Waals surface area contributed by atoms with Crippen LogP contribution in [0, 0.1) is 0 Å². The Morgan fingerprint density at radius 1 is 1.04 bits per heavy atom. The fraction of sp³-hybridized carbons (Fsp3) is 0.182. The molecule has 0 spiro atoms. The molecule has 0 bridgehead atoms. The summed E-state index contributed by atoms with van der Waals surface area (Å²) >= 11 is 1.51. The van der Waals surface area contributed by atoms with Crippen LogP contribution in [-0.2, 0) is 6.54 Å². The lowest BCUT2D eigenvalue weighted by atomic mass is 10.1. The summed E-state index contributed by atoms with van der Waals surface area (Å²) in [6, 6.07) is 19.7. The number of hydrogen-bond donors (Lipinski definition) is 0. The fourth-order valence-corrected chi connectivity index (χ4v) is 4.33. The molecule has 4 nitrogen and oxygen atoms in total. The molecule has 0 saturated heterocycles. The largest absolute Gasteiger partial charge is 0.492 e. The Hall–Kier alpha value is -2.92. The van der Waals surface area contributed by atoms with E-state index in [0.717, 1.165) is 26.7 Å². The second-order valence-corrected chi connectivity index (χ2v) is 7.15. The molecular formula is C22H20N2O2S. The highest BCUT2D eigenvalue weighted by molar-refractivity contribution is 7.16. The lowest BCUT2D eigenvalue weighted by molar-refractivity contribution is 0.0998. The molecule has 136 valence electrons. The number of hydrogen-bond acceptors (Lipinski definition) is 3. The number of aromatic nitrogens is 1. The van der Waals surface area contributed by atoms with Crippen LogP contribution < -0.4 is 9.54 Å². The van der Waals surface area contributed by atoms with Crippen LogP contribution in [0.2, 0.25) is 0 Å². The van der Waals surface area contributed by atoms with Crippen molar-refractivity contribution in [1.82, 2.24) is 4.57 Å². The van der Waals surface area contributed by atoms with E-state index >= 15 is 0 Å². The van der Waals surface area contributed by atoms with E-state index in [0.29, 0.717) is 23.5 Å². The van der Waals surface area contributed by atoms with Gasteiger partial charge in [-0.2, -0.15) is 4.99 Å². The number of benzene rings is 3. The minimum atomic E-state index is -0.229. The highest BCUT2D eigenvalue weighted by Crippen LogP contribution is 2.27. The number of fused-ring (bicyclic) bond motifs is 2. The number of amides is 1. The minimum Gasteiger partial charge on any atom is -0.492 e. The highest BCUT2D eigenvalue weighted by atomic mass is 32.1. The number of aryl methyl sites for hydroxylation is 1. The second-order valence-electron chi connectivity index (χ2n) is 6.14. The van der Waals surface area contributed by atoms with Gasteiger partial charge >= 0.3 is 0 Å². The SMILES string of the molecule is CCOc1cccc2sc(=NC(=O)c3ccc4ccccc4c3)n(CC)c12. The van der Waals surface area contributed by atoms with Gasteiger partial charge in [-0.15, -0.1) is 0 Å². The molecule has 0 fully saturated rings. The molecule has 5 heteroatoms. The first-order valence-corrected chi connectivity index (χ1v) is 9.86. The van der Waals surface area contributed by atoms with Gasteiger partial charge in [-0.05, 0) is 48.9 Å². The van der Waals surface area contributed by atoms with Crippen molar-refractivity contribution in [3.05, 3.63) is 71.0 Å². The summed E-state index contributed by atoms with van der Waals surface area (Å²) in [4.78, 5) is 17.9. The predicted octanol–water partition coefficient (Wildman–Crippen LogP) is 5.02. The maximum Gasteiger partial charge on any atom is 0.279 e. The molecule has 1 amide bonds. The van der Waals surface area contributed by atoms with E-state index in [4.69, 9.17) is 4.74 Å². The molecule has 0 unspecified atom stereocenters. The van der Waals surface area contributed by atoms with Gasteiger partial charge in [-0.1, -0.05) is 47.7 Å². The van der Waals surface area contributed by atoms with Gasteiger partial charge in [-0.3, -0.25) is 4.79 Å². The molecular weight excluding hydrogens is 356 g/mol. The average Bonchev–Trinajstić information content (AvgIpc) is 3.05. The minimum absolute atomic E-state index is 0.229. The first-order chi connectivity index (χ1) is 13.2. The maximum absolute atomic E-state index is 12.8. The molecule has 4 rings (SSSR count). The molecule has 0 aliphatic heterocycles. The Bertz CT molecular complexity index is 1200.